The molecule has 1 nitrogen and oxygen atoms in total. The Morgan fingerprint density at radius 2 is 1.89 bits per heavy atom. The molecule has 1 N–H and O–H groups in total. The molecule has 1 aromatic rings. The lowest BCUT2D eigenvalue weighted by molar-refractivity contribution is 0.132. The normalized spacial score (nSPS) is 15.3. The second-order valence-corrected chi connectivity index (χ2v) is 7.03. The maximum absolute atomic E-state index is 13.0. The molecule has 0 bridgehead atoms. The van der Waals surface area contributed by atoms with E-state index < -0.39 is 0 Å². The zero-order valence-electron chi connectivity index (χ0n) is 12.8. The van der Waals surface area contributed by atoms with Gasteiger partial charge in [0.05, 0.1) is 6.10 Å². The topological polar surface area (TPSA) is 20.2 Å². The summed E-state index contributed by atoms with van der Waals surface area (Å²) < 4.78 is 13.0. The van der Waals surface area contributed by atoms with Crippen molar-refractivity contribution in [3.8, 4) is 0 Å². The van der Waals surface area contributed by atoms with Crippen LogP contribution in [0.3, 0.4) is 0 Å². The first kappa shape index (κ1) is 16.2. The number of aliphatic hydroxyl groups is 1. The Morgan fingerprint density at radius 1 is 1.26 bits per heavy atom. The van der Waals surface area contributed by atoms with E-state index in [1.165, 1.54) is 12.1 Å². The van der Waals surface area contributed by atoms with Gasteiger partial charge in [-0.15, -0.1) is 0 Å². The molecule has 0 spiro atoms. The molecule has 108 valence electrons. The van der Waals surface area contributed by atoms with Crippen LogP contribution in [0.1, 0.15) is 51.7 Å². The molecule has 19 heavy (non-hydrogen) atoms. The fraction of sp³-hybridized carbons (Fsp3) is 0.647. The van der Waals surface area contributed by atoms with Gasteiger partial charge < -0.3 is 5.11 Å². The minimum absolute atomic E-state index is 0.211. The Bertz CT molecular complexity index is 406. The van der Waals surface area contributed by atoms with E-state index >= 15 is 0 Å². The van der Waals surface area contributed by atoms with E-state index in [1.807, 2.05) is 6.92 Å². The van der Waals surface area contributed by atoms with Crippen LogP contribution in [-0.2, 0) is 6.42 Å². The van der Waals surface area contributed by atoms with E-state index in [-0.39, 0.29) is 11.9 Å². The van der Waals surface area contributed by atoms with Gasteiger partial charge in [-0.05, 0) is 60.8 Å². The molecule has 2 atom stereocenters. The summed E-state index contributed by atoms with van der Waals surface area (Å²) in [6.45, 7) is 10.7. The summed E-state index contributed by atoms with van der Waals surface area (Å²) in [6.07, 6.45) is 2.17. The lowest BCUT2D eigenvalue weighted by Gasteiger charge is -2.25. The molecule has 0 amide bonds. The monoisotopic (exact) mass is 266 g/mol. The molecule has 2 unspecified atom stereocenters. The fourth-order valence-corrected chi connectivity index (χ4v) is 2.82. The molecule has 0 fully saturated rings. The zero-order valence-corrected chi connectivity index (χ0v) is 12.8. The van der Waals surface area contributed by atoms with Gasteiger partial charge in [0.25, 0.3) is 0 Å². The van der Waals surface area contributed by atoms with E-state index in [0.29, 0.717) is 17.8 Å². The van der Waals surface area contributed by atoms with Crippen LogP contribution in [0.15, 0.2) is 18.2 Å². The van der Waals surface area contributed by atoms with E-state index in [1.54, 1.807) is 6.07 Å². The highest BCUT2D eigenvalue weighted by molar-refractivity contribution is 5.27. The second-order valence-electron chi connectivity index (χ2n) is 7.03. The minimum atomic E-state index is -0.346. The molecule has 0 heterocycles. The van der Waals surface area contributed by atoms with Crippen molar-refractivity contribution < 1.29 is 9.50 Å². The smallest absolute Gasteiger partial charge is 0.123 e. The van der Waals surface area contributed by atoms with Crippen molar-refractivity contribution >= 4 is 0 Å². The van der Waals surface area contributed by atoms with Crippen LogP contribution in [0.2, 0.25) is 0 Å². The van der Waals surface area contributed by atoms with Crippen molar-refractivity contribution in [1.82, 2.24) is 0 Å². The maximum atomic E-state index is 13.0. The van der Waals surface area contributed by atoms with Crippen LogP contribution in [0, 0.1) is 24.1 Å². The van der Waals surface area contributed by atoms with Gasteiger partial charge in [0.1, 0.15) is 5.82 Å². The molecule has 1 rings (SSSR count). The number of hydrogen-bond acceptors (Lipinski definition) is 1. The van der Waals surface area contributed by atoms with E-state index in [2.05, 4.69) is 27.7 Å². The highest BCUT2D eigenvalue weighted by atomic mass is 19.1. The summed E-state index contributed by atoms with van der Waals surface area (Å²) in [4.78, 5) is 0. The number of aryl methyl sites for hydroxylation is 1. The number of hydrogen-bond donors (Lipinski definition) is 1. The van der Waals surface area contributed by atoms with Crippen LogP contribution < -0.4 is 0 Å². The minimum Gasteiger partial charge on any atom is -0.393 e. The maximum Gasteiger partial charge on any atom is 0.123 e. The number of benzene rings is 1. The Balaban J connectivity index is 2.53. The van der Waals surface area contributed by atoms with Gasteiger partial charge in [0, 0.05) is 0 Å². The molecule has 0 aliphatic heterocycles. The van der Waals surface area contributed by atoms with Crippen LogP contribution in [0.5, 0.6) is 0 Å². The fourth-order valence-electron chi connectivity index (χ4n) is 2.82. The van der Waals surface area contributed by atoms with E-state index in [4.69, 9.17) is 0 Å². The van der Waals surface area contributed by atoms with Crippen LogP contribution >= 0.6 is 0 Å². The molecule has 0 saturated heterocycles. The van der Waals surface area contributed by atoms with Crippen LogP contribution in [0.25, 0.3) is 0 Å². The highest BCUT2D eigenvalue weighted by Gasteiger charge is 2.18. The lowest BCUT2D eigenvalue weighted by atomic mass is 9.82. The number of rotatable bonds is 5. The summed E-state index contributed by atoms with van der Waals surface area (Å²) in [5.41, 5.74) is 2.25. The summed E-state index contributed by atoms with van der Waals surface area (Å²) in [5.74, 6) is 0.285. The van der Waals surface area contributed by atoms with Gasteiger partial charge in [0.15, 0.2) is 0 Å². The van der Waals surface area contributed by atoms with Gasteiger partial charge in [-0.1, -0.05) is 33.8 Å². The highest BCUT2D eigenvalue weighted by Crippen LogP contribution is 2.27. The van der Waals surface area contributed by atoms with Crippen molar-refractivity contribution in [1.29, 1.82) is 0 Å². The van der Waals surface area contributed by atoms with Crippen LogP contribution in [-0.4, -0.2) is 11.2 Å². The van der Waals surface area contributed by atoms with E-state index in [9.17, 15) is 9.50 Å². The molecule has 1 aromatic carbocycles. The van der Waals surface area contributed by atoms with Crippen molar-refractivity contribution in [3.63, 3.8) is 0 Å². The number of halogens is 1. The SMILES string of the molecule is Cc1cc(F)ccc1CC(O)CC(C)CC(C)(C)C. The predicted octanol–water partition coefficient (Wildman–Crippen LogP) is 4.50. The summed E-state index contributed by atoms with van der Waals surface area (Å²) >= 11 is 0. The molecular weight excluding hydrogens is 239 g/mol. The third-order valence-corrected chi connectivity index (χ3v) is 3.40. The third kappa shape index (κ3) is 6.20. The molecule has 0 aromatic heterocycles. The van der Waals surface area contributed by atoms with Gasteiger partial charge in [0.2, 0.25) is 0 Å². The Kier molecular flexibility index (Phi) is 5.54. The molecule has 0 saturated carbocycles. The average Bonchev–Trinajstić information content (AvgIpc) is 2.19. The Hall–Kier alpha value is -0.890. The van der Waals surface area contributed by atoms with Gasteiger partial charge in [-0.25, -0.2) is 4.39 Å². The molecule has 2 heteroatoms. The molecule has 0 aliphatic rings. The van der Waals surface area contributed by atoms with Gasteiger partial charge in [-0.2, -0.15) is 0 Å². The summed E-state index contributed by atoms with van der Waals surface area (Å²) in [7, 11) is 0. The van der Waals surface area contributed by atoms with Gasteiger partial charge in [-0.3, -0.25) is 0 Å². The standard InChI is InChI=1S/C17H27FO/c1-12(11-17(3,4)5)8-16(19)10-14-6-7-15(18)9-13(14)2/h6-7,9,12,16,19H,8,10-11H2,1-5H3. The van der Waals surface area contributed by atoms with Gasteiger partial charge >= 0.3 is 0 Å². The zero-order chi connectivity index (χ0) is 14.6. The van der Waals surface area contributed by atoms with Crippen molar-refractivity contribution in [2.24, 2.45) is 11.3 Å². The van der Waals surface area contributed by atoms with E-state index in [0.717, 1.165) is 24.0 Å². The lowest BCUT2D eigenvalue weighted by Crippen LogP contribution is -2.19. The Labute approximate surface area is 116 Å². The van der Waals surface area contributed by atoms with Crippen molar-refractivity contribution in [3.05, 3.63) is 35.1 Å². The molecular formula is C17H27FO. The average molecular weight is 266 g/mol. The predicted molar refractivity (Wildman–Crippen MR) is 78.7 cm³/mol. The first-order valence-electron chi connectivity index (χ1n) is 7.10. The Morgan fingerprint density at radius 3 is 2.42 bits per heavy atom. The molecule has 0 radical (unpaired) electrons. The first-order valence-corrected chi connectivity index (χ1v) is 7.10. The summed E-state index contributed by atoms with van der Waals surface area (Å²) in [5, 5.41) is 10.2. The largest absolute Gasteiger partial charge is 0.393 e. The van der Waals surface area contributed by atoms with Crippen molar-refractivity contribution in [2.45, 2.75) is 60.0 Å². The summed E-state index contributed by atoms with van der Waals surface area (Å²) in [6, 6.07) is 4.77. The molecule has 0 aliphatic carbocycles. The first-order chi connectivity index (χ1) is 8.67. The second kappa shape index (κ2) is 6.51. The van der Waals surface area contributed by atoms with Crippen molar-refractivity contribution in [2.75, 3.05) is 0 Å². The quantitative estimate of drug-likeness (QED) is 0.832. The van der Waals surface area contributed by atoms with Crippen LogP contribution in [0.4, 0.5) is 4.39 Å². The third-order valence-electron chi connectivity index (χ3n) is 3.40. The number of aliphatic hydroxyl groups excluding tert-OH is 1.